The second-order valence-electron chi connectivity index (χ2n) is 4.20. The van der Waals surface area contributed by atoms with Gasteiger partial charge in [0.1, 0.15) is 11.6 Å². The van der Waals surface area contributed by atoms with E-state index in [0.717, 1.165) is 36.1 Å². The highest BCUT2D eigenvalue weighted by atomic mass is 32.2. The lowest BCUT2D eigenvalue weighted by molar-refractivity contribution is 0.603. The molecule has 0 spiro atoms. The van der Waals surface area contributed by atoms with Crippen LogP contribution < -0.4 is 11.1 Å². The van der Waals surface area contributed by atoms with Crippen LogP contribution in [-0.2, 0) is 0 Å². The van der Waals surface area contributed by atoms with Gasteiger partial charge in [0.2, 0.25) is 0 Å². The summed E-state index contributed by atoms with van der Waals surface area (Å²) in [4.78, 5) is 4.15. The fourth-order valence-electron chi connectivity index (χ4n) is 1.73. The van der Waals surface area contributed by atoms with Crippen LogP contribution in [0.25, 0.3) is 0 Å². The van der Waals surface area contributed by atoms with E-state index in [2.05, 4.69) is 10.3 Å². The van der Waals surface area contributed by atoms with Crippen molar-refractivity contribution in [2.24, 2.45) is 16.6 Å². The first-order valence-corrected chi connectivity index (χ1v) is 6.90. The molecule has 0 radical (unpaired) electrons. The number of hydrogen-bond acceptors (Lipinski definition) is 2. The molecule has 2 rings (SSSR count). The van der Waals surface area contributed by atoms with Gasteiger partial charge in [-0.1, -0.05) is 0 Å². The lowest BCUT2D eigenvalue weighted by Crippen LogP contribution is -2.24. The molecule has 3 nitrogen and oxygen atoms in total. The quantitative estimate of drug-likeness (QED) is 0.656. The van der Waals surface area contributed by atoms with Crippen molar-refractivity contribution in [1.82, 2.24) is 0 Å². The van der Waals surface area contributed by atoms with Crippen LogP contribution in [0.4, 0.5) is 14.5 Å². The molecule has 18 heavy (non-hydrogen) atoms. The fraction of sp³-hybridized carbons (Fsp3) is 0.417. The maximum atomic E-state index is 13.3. The minimum atomic E-state index is -0.550. The minimum Gasteiger partial charge on any atom is -0.370 e. The largest absolute Gasteiger partial charge is 0.370 e. The van der Waals surface area contributed by atoms with Crippen LogP contribution in [0.3, 0.4) is 0 Å². The Hall–Kier alpha value is -1.30. The lowest BCUT2D eigenvalue weighted by Gasteiger charge is -2.08. The second-order valence-corrected chi connectivity index (χ2v) is 5.35. The molecule has 0 amide bonds. The summed E-state index contributed by atoms with van der Waals surface area (Å²) in [5.41, 5.74) is 5.66. The van der Waals surface area contributed by atoms with Crippen LogP contribution in [0.1, 0.15) is 6.42 Å². The second kappa shape index (κ2) is 6.04. The van der Waals surface area contributed by atoms with E-state index in [1.807, 2.05) is 11.8 Å². The van der Waals surface area contributed by atoms with Gasteiger partial charge in [0.15, 0.2) is 5.96 Å². The molecule has 0 bridgehead atoms. The zero-order valence-electron chi connectivity index (χ0n) is 9.83. The summed E-state index contributed by atoms with van der Waals surface area (Å²) >= 11 is 1.90. The number of guanidine groups is 1. The molecule has 1 aliphatic rings. The van der Waals surface area contributed by atoms with Gasteiger partial charge in [0.05, 0.1) is 5.69 Å². The van der Waals surface area contributed by atoms with Gasteiger partial charge in [-0.25, -0.2) is 8.78 Å². The summed E-state index contributed by atoms with van der Waals surface area (Å²) in [6, 6.07) is 3.17. The summed E-state index contributed by atoms with van der Waals surface area (Å²) in [5, 5.41) is 2.58. The van der Waals surface area contributed by atoms with E-state index in [1.165, 1.54) is 0 Å². The van der Waals surface area contributed by atoms with Gasteiger partial charge in [-0.2, -0.15) is 11.8 Å². The summed E-state index contributed by atoms with van der Waals surface area (Å²) in [5.74, 6) is 1.84. The Balaban J connectivity index is 1.94. The zero-order chi connectivity index (χ0) is 13.0. The van der Waals surface area contributed by atoms with E-state index >= 15 is 0 Å². The van der Waals surface area contributed by atoms with Crippen molar-refractivity contribution in [1.29, 1.82) is 0 Å². The van der Waals surface area contributed by atoms with Gasteiger partial charge >= 0.3 is 0 Å². The van der Waals surface area contributed by atoms with Gasteiger partial charge in [-0.3, -0.25) is 4.99 Å². The van der Waals surface area contributed by atoms with E-state index in [1.54, 1.807) is 0 Å². The standard InChI is InChI=1S/C12H15F2N3S/c13-9-1-2-10(14)11(5-9)17-12(15)16-6-8-3-4-18-7-8/h1-2,5,8H,3-4,6-7H2,(H3,15,16,17). The summed E-state index contributed by atoms with van der Waals surface area (Å²) in [7, 11) is 0. The molecule has 1 aromatic carbocycles. The van der Waals surface area contributed by atoms with Gasteiger partial charge in [0, 0.05) is 12.6 Å². The molecular weight excluding hydrogens is 256 g/mol. The van der Waals surface area contributed by atoms with E-state index in [0.29, 0.717) is 12.5 Å². The number of nitrogens with two attached hydrogens (primary N) is 1. The van der Waals surface area contributed by atoms with Crippen molar-refractivity contribution < 1.29 is 8.78 Å². The molecule has 1 atom stereocenters. The first kappa shape index (κ1) is 13.1. The molecule has 0 saturated carbocycles. The monoisotopic (exact) mass is 271 g/mol. The number of rotatable bonds is 3. The van der Waals surface area contributed by atoms with Crippen molar-refractivity contribution in [2.45, 2.75) is 6.42 Å². The number of nitrogens with zero attached hydrogens (tertiary/aromatic N) is 1. The molecule has 1 saturated heterocycles. The van der Waals surface area contributed by atoms with Crippen molar-refractivity contribution >= 4 is 23.4 Å². The van der Waals surface area contributed by atoms with Crippen LogP contribution >= 0.6 is 11.8 Å². The number of benzene rings is 1. The minimum absolute atomic E-state index is 0.0112. The van der Waals surface area contributed by atoms with Crippen LogP contribution in [0.15, 0.2) is 23.2 Å². The van der Waals surface area contributed by atoms with E-state index < -0.39 is 11.6 Å². The average Bonchev–Trinajstić information content (AvgIpc) is 2.84. The number of halogens is 2. The van der Waals surface area contributed by atoms with Gasteiger partial charge in [-0.05, 0) is 36.0 Å². The van der Waals surface area contributed by atoms with Gasteiger partial charge in [-0.15, -0.1) is 0 Å². The number of hydrogen-bond donors (Lipinski definition) is 2. The summed E-state index contributed by atoms with van der Waals surface area (Å²) in [6.45, 7) is 0.628. The summed E-state index contributed by atoms with van der Waals surface area (Å²) in [6.07, 6.45) is 1.13. The average molecular weight is 271 g/mol. The first-order valence-electron chi connectivity index (χ1n) is 5.75. The highest BCUT2D eigenvalue weighted by Crippen LogP contribution is 2.23. The third-order valence-corrected chi connectivity index (χ3v) is 3.97. The molecule has 98 valence electrons. The number of nitrogens with one attached hydrogen (secondary N) is 1. The Kier molecular flexibility index (Phi) is 4.41. The molecule has 1 heterocycles. The smallest absolute Gasteiger partial charge is 0.193 e. The molecule has 1 unspecified atom stereocenters. The highest BCUT2D eigenvalue weighted by molar-refractivity contribution is 7.99. The molecule has 0 aromatic heterocycles. The van der Waals surface area contributed by atoms with Crippen LogP contribution in [0.2, 0.25) is 0 Å². The van der Waals surface area contributed by atoms with Crippen LogP contribution in [-0.4, -0.2) is 24.0 Å². The fourth-order valence-corrected chi connectivity index (χ4v) is 3.00. The Bertz CT molecular complexity index is 445. The Morgan fingerprint density at radius 3 is 3.06 bits per heavy atom. The number of aliphatic imine (C=N–C) groups is 1. The maximum absolute atomic E-state index is 13.3. The third-order valence-electron chi connectivity index (χ3n) is 2.73. The molecular formula is C12H15F2N3S. The number of anilines is 1. The Morgan fingerprint density at radius 2 is 2.33 bits per heavy atom. The van der Waals surface area contributed by atoms with Crippen LogP contribution in [0, 0.1) is 17.6 Å². The van der Waals surface area contributed by atoms with Gasteiger partial charge in [0.25, 0.3) is 0 Å². The zero-order valence-corrected chi connectivity index (χ0v) is 10.6. The Labute approximate surface area is 109 Å². The SMILES string of the molecule is NC(=NCC1CCSC1)Nc1cc(F)ccc1F. The van der Waals surface area contributed by atoms with E-state index in [-0.39, 0.29) is 11.6 Å². The van der Waals surface area contributed by atoms with Crippen molar-refractivity contribution in [3.8, 4) is 0 Å². The molecule has 1 aliphatic heterocycles. The first-order chi connectivity index (χ1) is 8.65. The third kappa shape index (κ3) is 3.60. The summed E-state index contributed by atoms with van der Waals surface area (Å²) < 4.78 is 26.3. The number of thioether (sulfide) groups is 1. The lowest BCUT2D eigenvalue weighted by atomic mass is 10.1. The molecule has 1 fully saturated rings. The van der Waals surface area contributed by atoms with Crippen molar-refractivity contribution in [3.63, 3.8) is 0 Å². The highest BCUT2D eigenvalue weighted by Gasteiger charge is 2.14. The van der Waals surface area contributed by atoms with Crippen molar-refractivity contribution in [2.75, 3.05) is 23.4 Å². The van der Waals surface area contributed by atoms with Crippen LogP contribution in [0.5, 0.6) is 0 Å². The van der Waals surface area contributed by atoms with Gasteiger partial charge < -0.3 is 11.1 Å². The predicted molar refractivity (Wildman–Crippen MR) is 71.9 cm³/mol. The predicted octanol–water partition coefficient (Wildman–Crippen LogP) is 2.44. The molecule has 3 N–H and O–H groups in total. The van der Waals surface area contributed by atoms with Crippen molar-refractivity contribution in [3.05, 3.63) is 29.8 Å². The molecule has 1 aromatic rings. The topological polar surface area (TPSA) is 50.4 Å². The maximum Gasteiger partial charge on any atom is 0.193 e. The van der Waals surface area contributed by atoms with E-state index in [9.17, 15) is 8.78 Å². The molecule has 6 heteroatoms. The normalized spacial score (nSPS) is 20.1. The Morgan fingerprint density at radius 1 is 1.50 bits per heavy atom. The van der Waals surface area contributed by atoms with E-state index in [4.69, 9.17) is 5.73 Å². The molecule has 0 aliphatic carbocycles.